The second-order valence-electron chi connectivity index (χ2n) is 6.31. The highest BCUT2D eigenvalue weighted by atomic mass is 19.1. The summed E-state index contributed by atoms with van der Waals surface area (Å²) in [7, 11) is 3.14. The van der Waals surface area contributed by atoms with Gasteiger partial charge >= 0.3 is 6.03 Å². The maximum atomic E-state index is 13.1. The Morgan fingerprint density at radius 3 is 2.38 bits per heavy atom. The molecule has 138 valence electrons. The van der Waals surface area contributed by atoms with Gasteiger partial charge in [-0.25, -0.2) is 9.18 Å². The Balaban J connectivity index is 1.61. The fourth-order valence-electron chi connectivity index (χ4n) is 3.26. The minimum absolute atomic E-state index is 0.158. The van der Waals surface area contributed by atoms with Crippen molar-refractivity contribution in [1.29, 1.82) is 0 Å². The van der Waals surface area contributed by atoms with Gasteiger partial charge < -0.3 is 19.7 Å². The molecule has 0 bridgehead atoms. The quantitative estimate of drug-likeness (QED) is 0.889. The fourth-order valence-corrected chi connectivity index (χ4v) is 3.26. The van der Waals surface area contributed by atoms with Crippen LogP contribution in [0.1, 0.15) is 24.3 Å². The van der Waals surface area contributed by atoms with E-state index in [1.165, 1.54) is 12.1 Å². The van der Waals surface area contributed by atoms with Gasteiger partial charge in [-0.3, -0.25) is 0 Å². The number of nitrogens with zero attached hydrogens (tertiary/aromatic N) is 1. The van der Waals surface area contributed by atoms with Crippen LogP contribution < -0.4 is 14.8 Å². The van der Waals surface area contributed by atoms with E-state index < -0.39 is 0 Å². The fraction of sp³-hybridized carbons (Fsp3) is 0.350. The molecule has 0 saturated carbocycles. The first kappa shape index (κ1) is 18.0. The number of ether oxygens (including phenoxy) is 2. The van der Waals surface area contributed by atoms with E-state index in [0.29, 0.717) is 36.2 Å². The van der Waals surface area contributed by atoms with Crippen LogP contribution in [-0.4, -0.2) is 38.2 Å². The number of amides is 2. The number of carbonyl (C=O) groups is 1. The zero-order chi connectivity index (χ0) is 18.5. The van der Waals surface area contributed by atoms with Gasteiger partial charge in [0.05, 0.1) is 19.9 Å². The SMILES string of the molecule is COc1ccc(OC)c(NC(=O)N2CCC(c3ccc(F)cc3)CC2)c1. The highest BCUT2D eigenvalue weighted by molar-refractivity contribution is 5.91. The van der Waals surface area contributed by atoms with Gasteiger partial charge in [-0.2, -0.15) is 0 Å². The molecular formula is C20H23FN2O3. The average Bonchev–Trinajstić information content (AvgIpc) is 2.68. The molecule has 2 aromatic carbocycles. The normalized spacial score (nSPS) is 14.8. The molecule has 0 radical (unpaired) electrons. The number of carbonyl (C=O) groups excluding carboxylic acids is 1. The van der Waals surface area contributed by atoms with Gasteiger partial charge in [0.2, 0.25) is 0 Å². The third-order valence-electron chi connectivity index (χ3n) is 4.77. The number of anilines is 1. The van der Waals surface area contributed by atoms with E-state index in [1.54, 1.807) is 37.3 Å². The van der Waals surface area contributed by atoms with Crippen LogP contribution in [0.5, 0.6) is 11.5 Å². The molecule has 1 aliphatic rings. The highest BCUT2D eigenvalue weighted by Crippen LogP contribution is 2.31. The smallest absolute Gasteiger partial charge is 0.321 e. The maximum absolute atomic E-state index is 13.1. The zero-order valence-corrected chi connectivity index (χ0v) is 15.0. The van der Waals surface area contributed by atoms with Crippen molar-refractivity contribution in [2.24, 2.45) is 0 Å². The van der Waals surface area contributed by atoms with E-state index in [2.05, 4.69) is 5.32 Å². The molecule has 0 aromatic heterocycles. The number of hydrogen-bond acceptors (Lipinski definition) is 3. The van der Waals surface area contributed by atoms with Crippen LogP contribution in [-0.2, 0) is 0 Å². The van der Waals surface area contributed by atoms with Gasteiger partial charge in [0, 0.05) is 19.2 Å². The molecule has 5 nitrogen and oxygen atoms in total. The van der Waals surface area contributed by atoms with E-state index in [1.807, 2.05) is 12.1 Å². The van der Waals surface area contributed by atoms with Crippen LogP contribution in [0, 0.1) is 5.82 Å². The van der Waals surface area contributed by atoms with Gasteiger partial charge in [0.25, 0.3) is 0 Å². The molecule has 0 atom stereocenters. The lowest BCUT2D eigenvalue weighted by Crippen LogP contribution is -2.40. The summed E-state index contributed by atoms with van der Waals surface area (Å²) in [6.45, 7) is 1.31. The summed E-state index contributed by atoms with van der Waals surface area (Å²) in [4.78, 5) is 14.4. The van der Waals surface area contributed by atoms with Gasteiger partial charge in [-0.05, 0) is 48.6 Å². The van der Waals surface area contributed by atoms with Crippen LogP contribution >= 0.6 is 0 Å². The van der Waals surface area contributed by atoms with E-state index in [0.717, 1.165) is 18.4 Å². The van der Waals surface area contributed by atoms with Gasteiger partial charge in [-0.1, -0.05) is 12.1 Å². The van der Waals surface area contributed by atoms with Crippen LogP contribution in [0.2, 0.25) is 0 Å². The Hall–Kier alpha value is -2.76. The summed E-state index contributed by atoms with van der Waals surface area (Å²) in [5.41, 5.74) is 1.71. The Morgan fingerprint density at radius 2 is 1.77 bits per heavy atom. The van der Waals surface area contributed by atoms with Gasteiger partial charge in [-0.15, -0.1) is 0 Å². The summed E-state index contributed by atoms with van der Waals surface area (Å²) in [5.74, 6) is 1.36. The minimum Gasteiger partial charge on any atom is -0.497 e. The van der Waals surface area contributed by atoms with E-state index in [9.17, 15) is 9.18 Å². The Morgan fingerprint density at radius 1 is 1.08 bits per heavy atom. The Bertz CT molecular complexity index is 756. The topological polar surface area (TPSA) is 50.8 Å². The molecule has 1 heterocycles. The lowest BCUT2D eigenvalue weighted by atomic mass is 9.89. The molecule has 1 fully saturated rings. The van der Waals surface area contributed by atoms with Crippen molar-refractivity contribution in [2.45, 2.75) is 18.8 Å². The van der Waals surface area contributed by atoms with E-state index in [4.69, 9.17) is 9.47 Å². The molecule has 3 rings (SSSR count). The second kappa shape index (κ2) is 8.08. The maximum Gasteiger partial charge on any atom is 0.321 e. The summed E-state index contributed by atoms with van der Waals surface area (Å²) in [6.07, 6.45) is 1.71. The largest absolute Gasteiger partial charge is 0.497 e. The third-order valence-corrected chi connectivity index (χ3v) is 4.77. The number of likely N-dealkylation sites (tertiary alicyclic amines) is 1. The predicted molar refractivity (Wildman–Crippen MR) is 98.5 cm³/mol. The summed E-state index contributed by atoms with van der Waals surface area (Å²) in [5, 5.41) is 2.90. The minimum atomic E-state index is -0.224. The van der Waals surface area contributed by atoms with Crippen molar-refractivity contribution < 1.29 is 18.7 Å². The first-order chi connectivity index (χ1) is 12.6. The molecule has 6 heteroatoms. The van der Waals surface area contributed by atoms with Crippen LogP contribution in [0.3, 0.4) is 0 Å². The molecule has 1 aliphatic heterocycles. The summed E-state index contributed by atoms with van der Waals surface area (Å²) in [6, 6.07) is 11.8. The van der Waals surface area contributed by atoms with Gasteiger partial charge in [0.15, 0.2) is 0 Å². The number of nitrogens with one attached hydrogen (secondary N) is 1. The van der Waals surface area contributed by atoms with Crippen LogP contribution in [0.25, 0.3) is 0 Å². The summed E-state index contributed by atoms with van der Waals surface area (Å²) >= 11 is 0. The molecule has 1 N–H and O–H groups in total. The monoisotopic (exact) mass is 358 g/mol. The number of benzene rings is 2. The van der Waals surface area contributed by atoms with Crippen molar-refractivity contribution in [3.8, 4) is 11.5 Å². The van der Waals surface area contributed by atoms with Crippen LogP contribution in [0.4, 0.5) is 14.9 Å². The molecule has 0 unspecified atom stereocenters. The standard InChI is InChI=1S/C20H23FN2O3/c1-25-17-7-8-19(26-2)18(13-17)22-20(24)23-11-9-15(10-12-23)14-3-5-16(21)6-4-14/h3-8,13,15H,9-12H2,1-2H3,(H,22,24). The molecular weight excluding hydrogens is 335 g/mol. The lowest BCUT2D eigenvalue weighted by molar-refractivity contribution is 0.194. The van der Waals surface area contributed by atoms with E-state index in [-0.39, 0.29) is 11.8 Å². The summed E-state index contributed by atoms with van der Waals surface area (Å²) < 4.78 is 23.6. The van der Waals surface area contributed by atoms with Crippen molar-refractivity contribution >= 4 is 11.7 Å². The lowest BCUT2D eigenvalue weighted by Gasteiger charge is -2.32. The number of piperidine rings is 1. The molecule has 26 heavy (non-hydrogen) atoms. The number of methoxy groups -OCH3 is 2. The van der Waals surface area contributed by atoms with E-state index >= 15 is 0 Å². The Labute approximate surface area is 152 Å². The average molecular weight is 358 g/mol. The predicted octanol–water partition coefficient (Wildman–Crippen LogP) is 4.25. The number of halogens is 1. The van der Waals surface area contributed by atoms with Crippen molar-refractivity contribution in [3.05, 3.63) is 53.8 Å². The first-order valence-corrected chi connectivity index (χ1v) is 8.64. The number of hydrogen-bond donors (Lipinski definition) is 1. The number of rotatable bonds is 4. The molecule has 2 aromatic rings. The molecule has 2 amide bonds. The van der Waals surface area contributed by atoms with Crippen molar-refractivity contribution in [1.82, 2.24) is 4.90 Å². The third kappa shape index (κ3) is 4.07. The number of urea groups is 1. The second-order valence-corrected chi connectivity index (χ2v) is 6.31. The molecule has 0 spiro atoms. The van der Waals surface area contributed by atoms with Crippen LogP contribution in [0.15, 0.2) is 42.5 Å². The van der Waals surface area contributed by atoms with Gasteiger partial charge in [0.1, 0.15) is 17.3 Å². The molecule has 0 aliphatic carbocycles. The highest BCUT2D eigenvalue weighted by Gasteiger charge is 2.24. The van der Waals surface area contributed by atoms with Crippen molar-refractivity contribution in [3.63, 3.8) is 0 Å². The zero-order valence-electron chi connectivity index (χ0n) is 15.0. The van der Waals surface area contributed by atoms with Crippen molar-refractivity contribution in [2.75, 3.05) is 32.6 Å². The first-order valence-electron chi connectivity index (χ1n) is 8.64. The molecule has 1 saturated heterocycles. The Kier molecular flexibility index (Phi) is 5.61.